The van der Waals surface area contributed by atoms with Gasteiger partial charge in [-0.3, -0.25) is 4.79 Å². The Morgan fingerprint density at radius 1 is 1.12 bits per heavy atom. The highest BCUT2D eigenvalue weighted by molar-refractivity contribution is 5.78. The van der Waals surface area contributed by atoms with E-state index < -0.39 is 0 Å². The van der Waals surface area contributed by atoms with Crippen molar-refractivity contribution in [1.82, 2.24) is 10.6 Å². The van der Waals surface area contributed by atoms with Crippen LogP contribution in [0.1, 0.15) is 44.9 Å². The average molecular weight is 240 g/mol. The first-order chi connectivity index (χ1) is 8.34. The third kappa shape index (κ3) is 4.64. The summed E-state index contributed by atoms with van der Waals surface area (Å²) in [6, 6.07) is 0.562. The van der Waals surface area contributed by atoms with E-state index in [1.165, 1.54) is 32.1 Å². The van der Waals surface area contributed by atoms with Crippen LogP contribution in [-0.2, 0) is 9.53 Å². The van der Waals surface area contributed by atoms with Gasteiger partial charge in [0.2, 0.25) is 5.91 Å². The van der Waals surface area contributed by atoms with Crippen LogP contribution in [-0.4, -0.2) is 37.7 Å². The van der Waals surface area contributed by atoms with Crippen molar-refractivity contribution in [3.8, 4) is 0 Å². The lowest BCUT2D eigenvalue weighted by molar-refractivity contribution is -0.121. The van der Waals surface area contributed by atoms with Crippen molar-refractivity contribution in [2.45, 2.75) is 57.1 Å². The van der Waals surface area contributed by atoms with E-state index in [-0.39, 0.29) is 12.0 Å². The lowest BCUT2D eigenvalue weighted by Gasteiger charge is -2.22. The van der Waals surface area contributed by atoms with Gasteiger partial charge in [-0.1, -0.05) is 12.8 Å². The smallest absolute Gasteiger partial charge is 0.234 e. The Kier molecular flexibility index (Phi) is 5.26. The molecule has 1 atom stereocenters. The highest BCUT2D eigenvalue weighted by Crippen LogP contribution is 2.17. The van der Waals surface area contributed by atoms with Gasteiger partial charge in [-0.15, -0.1) is 0 Å². The summed E-state index contributed by atoms with van der Waals surface area (Å²) in [6.07, 6.45) is 8.74. The predicted octanol–water partition coefficient (Wildman–Crippen LogP) is 1.20. The molecule has 0 radical (unpaired) electrons. The van der Waals surface area contributed by atoms with Gasteiger partial charge in [0.1, 0.15) is 0 Å². The van der Waals surface area contributed by atoms with Gasteiger partial charge in [0.15, 0.2) is 0 Å². The minimum Gasteiger partial charge on any atom is -0.376 e. The Labute approximate surface area is 103 Å². The second-order valence-corrected chi connectivity index (χ2v) is 5.15. The lowest BCUT2D eigenvalue weighted by atomic mass is 10.1. The van der Waals surface area contributed by atoms with Crippen LogP contribution in [0.2, 0.25) is 0 Å². The van der Waals surface area contributed by atoms with E-state index in [1.807, 2.05) is 0 Å². The van der Waals surface area contributed by atoms with Gasteiger partial charge in [-0.2, -0.15) is 0 Å². The summed E-state index contributed by atoms with van der Waals surface area (Å²) >= 11 is 0. The molecule has 17 heavy (non-hydrogen) atoms. The van der Waals surface area contributed by atoms with Gasteiger partial charge in [0, 0.05) is 19.2 Å². The Bertz CT molecular complexity index is 234. The topological polar surface area (TPSA) is 50.4 Å². The van der Waals surface area contributed by atoms with Gasteiger partial charge in [0.25, 0.3) is 0 Å². The quantitative estimate of drug-likeness (QED) is 0.759. The number of rotatable bonds is 5. The highest BCUT2D eigenvalue weighted by atomic mass is 16.5. The molecule has 2 fully saturated rings. The summed E-state index contributed by atoms with van der Waals surface area (Å²) in [5, 5.41) is 6.27. The number of hydrogen-bond donors (Lipinski definition) is 2. The van der Waals surface area contributed by atoms with Gasteiger partial charge in [-0.05, 0) is 32.1 Å². The zero-order chi connectivity index (χ0) is 11.9. The SMILES string of the molecule is O=C(CNC1CCCC1)NCC1CCCCO1. The summed E-state index contributed by atoms with van der Waals surface area (Å²) in [6.45, 7) is 1.98. The van der Waals surface area contributed by atoms with Crippen LogP contribution in [0.15, 0.2) is 0 Å². The minimum atomic E-state index is 0.103. The van der Waals surface area contributed by atoms with Crippen LogP contribution in [0.5, 0.6) is 0 Å². The first kappa shape index (κ1) is 12.8. The Morgan fingerprint density at radius 2 is 1.88 bits per heavy atom. The van der Waals surface area contributed by atoms with E-state index in [0.29, 0.717) is 19.1 Å². The molecule has 0 aromatic carbocycles. The van der Waals surface area contributed by atoms with Crippen LogP contribution in [0.4, 0.5) is 0 Å². The van der Waals surface area contributed by atoms with E-state index in [2.05, 4.69) is 10.6 Å². The number of carbonyl (C=O) groups excluding carboxylic acids is 1. The summed E-state index contributed by atoms with van der Waals surface area (Å²) in [5.41, 5.74) is 0. The maximum absolute atomic E-state index is 11.6. The van der Waals surface area contributed by atoms with E-state index in [4.69, 9.17) is 4.74 Å². The van der Waals surface area contributed by atoms with E-state index >= 15 is 0 Å². The largest absolute Gasteiger partial charge is 0.376 e. The molecule has 1 unspecified atom stereocenters. The number of ether oxygens (including phenoxy) is 1. The Morgan fingerprint density at radius 3 is 2.59 bits per heavy atom. The van der Waals surface area contributed by atoms with Crippen LogP contribution in [0.3, 0.4) is 0 Å². The second-order valence-electron chi connectivity index (χ2n) is 5.15. The normalized spacial score (nSPS) is 26.0. The number of carbonyl (C=O) groups is 1. The Hall–Kier alpha value is -0.610. The number of amides is 1. The maximum atomic E-state index is 11.6. The third-order valence-electron chi connectivity index (χ3n) is 3.71. The van der Waals surface area contributed by atoms with Gasteiger partial charge in [-0.25, -0.2) is 0 Å². The predicted molar refractivity (Wildman–Crippen MR) is 66.9 cm³/mol. The molecule has 1 aliphatic carbocycles. The number of hydrogen-bond acceptors (Lipinski definition) is 3. The molecule has 2 rings (SSSR count). The molecule has 1 saturated heterocycles. The first-order valence-corrected chi connectivity index (χ1v) is 6.96. The summed E-state index contributed by atoms with van der Waals surface area (Å²) < 4.78 is 5.57. The van der Waals surface area contributed by atoms with Crippen molar-refractivity contribution >= 4 is 5.91 Å². The van der Waals surface area contributed by atoms with E-state index in [1.54, 1.807) is 0 Å². The van der Waals surface area contributed by atoms with Gasteiger partial charge < -0.3 is 15.4 Å². The minimum absolute atomic E-state index is 0.103. The molecule has 1 aliphatic heterocycles. The molecule has 0 aromatic heterocycles. The maximum Gasteiger partial charge on any atom is 0.234 e. The van der Waals surface area contributed by atoms with Crippen LogP contribution in [0.25, 0.3) is 0 Å². The summed E-state index contributed by atoms with van der Waals surface area (Å²) in [7, 11) is 0. The fourth-order valence-corrected chi connectivity index (χ4v) is 2.63. The molecule has 4 nitrogen and oxygen atoms in total. The van der Waals surface area contributed by atoms with Crippen molar-refractivity contribution in [2.75, 3.05) is 19.7 Å². The monoisotopic (exact) mass is 240 g/mol. The van der Waals surface area contributed by atoms with Crippen molar-refractivity contribution < 1.29 is 9.53 Å². The fourth-order valence-electron chi connectivity index (χ4n) is 2.63. The molecule has 0 bridgehead atoms. The molecule has 2 N–H and O–H groups in total. The summed E-state index contributed by atoms with van der Waals surface area (Å²) in [5.74, 6) is 0.103. The molecule has 1 saturated carbocycles. The molecule has 2 aliphatic rings. The molecular weight excluding hydrogens is 216 g/mol. The van der Waals surface area contributed by atoms with E-state index in [0.717, 1.165) is 19.4 Å². The Balaban J connectivity index is 1.53. The van der Waals surface area contributed by atoms with Gasteiger partial charge in [0.05, 0.1) is 12.6 Å². The third-order valence-corrected chi connectivity index (χ3v) is 3.71. The van der Waals surface area contributed by atoms with Crippen LogP contribution < -0.4 is 10.6 Å². The highest BCUT2D eigenvalue weighted by Gasteiger charge is 2.17. The lowest BCUT2D eigenvalue weighted by Crippen LogP contribution is -2.41. The van der Waals surface area contributed by atoms with Crippen molar-refractivity contribution in [2.24, 2.45) is 0 Å². The molecule has 1 heterocycles. The van der Waals surface area contributed by atoms with Crippen molar-refractivity contribution in [1.29, 1.82) is 0 Å². The molecule has 4 heteroatoms. The molecule has 0 aromatic rings. The zero-order valence-corrected chi connectivity index (χ0v) is 10.5. The first-order valence-electron chi connectivity index (χ1n) is 6.96. The molecular formula is C13H24N2O2. The molecule has 0 spiro atoms. The fraction of sp³-hybridized carbons (Fsp3) is 0.923. The standard InChI is InChI=1S/C13H24N2O2/c16-13(10-14-11-5-1-2-6-11)15-9-12-7-3-4-8-17-12/h11-12,14H,1-10H2,(H,15,16). The molecule has 98 valence electrons. The van der Waals surface area contributed by atoms with Crippen LogP contribution >= 0.6 is 0 Å². The van der Waals surface area contributed by atoms with Gasteiger partial charge >= 0.3 is 0 Å². The zero-order valence-electron chi connectivity index (χ0n) is 10.5. The molecule has 1 amide bonds. The van der Waals surface area contributed by atoms with Crippen molar-refractivity contribution in [3.05, 3.63) is 0 Å². The average Bonchev–Trinajstić information content (AvgIpc) is 2.88. The number of nitrogens with one attached hydrogen (secondary N) is 2. The van der Waals surface area contributed by atoms with Crippen LogP contribution in [0, 0.1) is 0 Å². The van der Waals surface area contributed by atoms with Crippen molar-refractivity contribution in [3.63, 3.8) is 0 Å². The summed E-state index contributed by atoms with van der Waals surface area (Å²) in [4.78, 5) is 11.6. The van der Waals surface area contributed by atoms with E-state index in [9.17, 15) is 4.79 Å². The second kappa shape index (κ2) is 6.97.